The molecule has 96 valence electrons. The van der Waals surface area contributed by atoms with E-state index in [4.69, 9.17) is 14.2 Å². The summed E-state index contributed by atoms with van der Waals surface area (Å²) in [7, 11) is 3.20. The topological polar surface area (TPSA) is 44.8 Å². The van der Waals surface area contributed by atoms with Gasteiger partial charge in [0, 0.05) is 11.5 Å². The van der Waals surface area contributed by atoms with E-state index in [0.29, 0.717) is 30.1 Å². The van der Waals surface area contributed by atoms with Crippen molar-refractivity contribution in [3.63, 3.8) is 0 Å². The molecule has 1 atom stereocenters. The number of rotatable bonds is 4. The van der Waals surface area contributed by atoms with Gasteiger partial charge in [-0.25, -0.2) is 4.79 Å². The molecule has 0 N–H and O–H groups in total. The van der Waals surface area contributed by atoms with Gasteiger partial charge >= 0.3 is 5.97 Å². The Bertz CT molecular complexity index is 479. The molecule has 1 fully saturated rings. The van der Waals surface area contributed by atoms with Gasteiger partial charge in [0.25, 0.3) is 0 Å². The first-order valence-electron chi connectivity index (χ1n) is 5.72. The minimum Gasteiger partial charge on any atom is -0.493 e. The van der Waals surface area contributed by atoms with Crippen molar-refractivity contribution in [1.82, 2.24) is 0 Å². The molecule has 1 saturated heterocycles. The van der Waals surface area contributed by atoms with Crippen molar-refractivity contribution >= 4 is 5.97 Å². The van der Waals surface area contributed by atoms with E-state index < -0.39 is 0 Å². The van der Waals surface area contributed by atoms with Crippen LogP contribution in [0.4, 0.5) is 0 Å². The molecule has 0 spiro atoms. The monoisotopic (exact) mass is 248 g/mol. The maximum absolute atomic E-state index is 11.2. The van der Waals surface area contributed by atoms with E-state index in [9.17, 15) is 4.79 Å². The first kappa shape index (κ1) is 12.5. The highest BCUT2D eigenvalue weighted by molar-refractivity contribution is 5.90. The van der Waals surface area contributed by atoms with Crippen LogP contribution in [0, 0.1) is 5.92 Å². The average Bonchev–Trinajstić information content (AvgIpc) is 2.70. The zero-order valence-electron chi connectivity index (χ0n) is 10.6. The molecule has 0 aromatic heterocycles. The molecule has 2 rings (SSSR count). The van der Waals surface area contributed by atoms with Crippen LogP contribution in [-0.4, -0.2) is 26.8 Å². The van der Waals surface area contributed by atoms with Gasteiger partial charge < -0.3 is 14.2 Å². The number of cyclic esters (lactones) is 1. The number of hydrogen-bond donors (Lipinski definition) is 0. The van der Waals surface area contributed by atoms with Gasteiger partial charge in [0.2, 0.25) is 0 Å². The van der Waals surface area contributed by atoms with Gasteiger partial charge in [0.05, 0.1) is 20.8 Å². The van der Waals surface area contributed by atoms with Crippen LogP contribution < -0.4 is 9.47 Å². The first-order chi connectivity index (χ1) is 8.65. The van der Waals surface area contributed by atoms with E-state index in [0.717, 1.165) is 5.56 Å². The summed E-state index contributed by atoms with van der Waals surface area (Å²) in [6, 6.07) is 5.72. The Morgan fingerprint density at radius 3 is 2.61 bits per heavy atom. The fourth-order valence-electron chi connectivity index (χ4n) is 2.01. The standard InChI is InChI=1S/C14H16O4/c1-9-11(8-18-14(9)15)6-10-4-5-12(16-2)13(7-10)17-3/h4-5,7,11H,1,6,8H2,2-3H3. The molecule has 1 aromatic rings. The van der Waals surface area contributed by atoms with Crippen molar-refractivity contribution in [2.75, 3.05) is 20.8 Å². The maximum Gasteiger partial charge on any atom is 0.333 e. The van der Waals surface area contributed by atoms with Gasteiger partial charge in [-0.15, -0.1) is 0 Å². The quantitative estimate of drug-likeness (QED) is 0.603. The van der Waals surface area contributed by atoms with Gasteiger partial charge in [-0.2, -0.15) is 0 Å². The second kappa shape index (κ2) is 5.12. The molecule has 0 saturated carbocycles. The molecule has 1 aromatic carbocycles. The van der Waals surface area contributed by atoms with Crippen LogP contribution in [-0.2, 0) is 16.0 Å². The Morgan fingerprint density at radius 2 is 2.06 bits per heavy atom. The van der Waals surface area contributed by atoms with E-state index in [2.05, 4.69) is 6.58 Å². The van der Waals surface area contributed by atoms with E-state index in [-0.39, 0.29) is 11.9 Å². The SMILES string of the molecule is C=C1C(=O)OCC1Cc1ccc(OC)c(OC)c1. The summed E-state index contributed by atoms with van der Waals surface area (Å²) in [5.74, 6) is 1.14. The normalized spacial score (nSPS) is 18.7. The highest BCUT2D eigenvalue weighted by Crippen LogP contribution is 2.30. The molecule has 4 nitrogen and oxygen atoms in total. The molecule has 1 unspecified atom stereocenters. The van der Waals surface area contributed by atoms with E-state index in [1.165, 1.54) is 0 Å². The minimum absolute atomic E-state index is 0.0515. The number of ether oxygens (including phenoxy) is 3. The molecule has 0 radical (unpaired) electrons. The molecule has 0 amide bonds. The predicted octanol–water partition coefficient (Wildman–Crippen LogP) is 1.98. The van der Waals surface area contributed by atoms with E-state index in [1.54, 1.807) is 14.2 Å². The number of hydrogen-bond acceptors (Lipinski definition) is 4. The van der Waals surface area contributed by atoms with Crippen molar-refractivity contribution in [3.05, 3.63) is 35.9 Å². The van der Waals surface area contributed by atoms with Crippen molar-refractivity contribution < 1.29 is 19.0 Å². The zero-order valence-corrected chi connectivity index (χ0v) is 10.6. The molecule has 18 heavy (non-hydrogen) atoms. The summed E-state index contributed by atoms with van der Waals surface area (Å²) in [6.07, 6.45) is 0.713. The Balaban J connectivity index is 2.15. The Morgan fingerprint density at radius 1 is 1.33 bits per heavy atom. The van der Waals surface area contributed by atoms with E-state index in [1.807, 2.05) is 18.2 Å². The number of benzene rings is 1. The Hall–Kier alpha value is -1.97. The van der Waals surface area contributed by atoms with Crippen LogP contribution in [0.2, 0.25) is 0 Å². The van der Waals surface area contributed by atoms with E-state index >= 15 is 0 Å². The van der Waals surface area contributed by atoms with Crippen LogP contribution in [0.3, 0.4) is 0 Å². The lowest BCUT2D eigenvalue weighted by atomic mass is 9.95. The van der Waals surface area contributed by atoms with Gasteiger partial charge in [-0.05, 0) is 24.1 Å². The lowest BCUT2D eigenvalue weighted by Gasteiger charge is -2.11. The lowest BCUT2D eigenvalue weighted by molar-refractivity contribution is -0.135. The lowest BCUT2D eigenvalue weighted by Crippen LogP contribution is -2.06. The molecule has 4 heteroatoms. The van der Waals surface area contributed by atoms with Gasteiger partial charge in [0.1, 0.15) is 0 Å². The van der Waals surface area contributed by atoms with Crippen molar-refractivity contribution in [2.24, 2.45) is 5.92 Å². The van der Waals surface area contributed by atoms with Crippen LogP contribution in [0.1, 0.15) is 5.56 Å². The molecular formula is C14H16O4. The molecule has 1 aliphatic rings. The van der Waals surface area contributed by atoms with Crippen molar-refractivity contribution in [2.45, 2.75) is 6.42 Å². The Labute approximate surface area is 106 Å². The summed E-state index contributed by atoms with van der Waals surface area (Å²) in [6.45, 7) is 4.17. The third-order valence-electron chi connectivity index (χ3n) is 3.10. The molecule has 1 aliphatic heterocycles. The Kier molecular flexibility index (Phi) is 3.55. The maximum atomic E-state index is 11.2. The first-order valence-corrected chi connectivity index (χ1v) is 5.72. The summed E-state index contributed by atoms with van der Waals surface area (Å²) in [5, 5.41) is 0. The summed E-state index contributed by atoms with van der Waals surface area (Å²) in [4.78, 5) is 11.2. The van der Waals surface area contributed by atoms with Crippen LogP contribution in [0.5, 0.6) is 11.5 Å². The highest BCUT2D eigenvalue weighted by Gasteiger charge is 2.28. The third kappa shape index (κ3) is 2.32. The van der Waals surface area contributed by atoms with Crippen molar-refractivity contribution in [3.8, 4) is 11.5 Å². The summed E-state index contributed by atoms with van der Waals surface area (Å²) >= 11 is 0. The number of carbonyl (C=O) groups excluding carboxylic acids is 1. The largest absolute Gasteiger partial charge is 0.493 e. The number of carbonyl (C=O) groups is 1. The summed E-state index contributed by atoms with van der Waals surface area (Å²) in [5.41, 5.74) is 1.61. The fourth-order valence-corrected chi connectivity index (χ4v) is 2.01. The smallest absolute Gasteiger partial charge is 0.333 e. The zero-order chi connectivity index (χ0) is 13.1. The molecule has 0 bridgehead atoms. The fraction of sp³-hybridized carbons (Fsp3) is 0.357. The molecular weight excluding hydrogens is 232 g/mol. The van der Waals surface area contributed by atoms with Crippen LogP contribution in [0.15, 0.2) is 30.4 Å². The summed E-state index contributed by atoms with van der Waals surface area (Å²) < 4.78 is 15.4. The average molecular weight is 248 g/mol. The predicted molar refractivity (Wildman–Crippen MR) is 66.8 cm³/mol. The molecule has 0 aliphatic carbocycles. The van der Waals surface area contributed by atoms with Gasteiger partial charge in [-0.3, -0.25) is 0 Å². The second-order valence-corrected chi connectivity index (χ2v) is 4.21. The molecule has 1 heterocycles. The third-order valence-corrected chi connectivity index (χ3v) is 3.10. The number of esters is 1. The van der Waals surface area contributed by atoms with Crippen LogP contribution >= 0.6 is 0 Å². The minimum atomic E-state index is -0.291. The van der Waals surface area contributed by atoms with Crippen LogP contribution in [0.25, 0.3) is 0 Å². The van der Waals surface area contributed by atoms with Gasteiger partial charge in [-0.1, -0.05) is 12.6 Å². The number of methoxy groups -OCH3 is 2. The highest BCUT2D eigenvalue weighted by atomic mass is 16.5. The van der Waals surface area contributed by atoms with Crippen molar-refractivity contribution in [1.29, 1.82) is 0 Å². The second-order valence-electron chi connectivity index (χ2n) is 4.21. The van der Waals surface area contributed by atoms with Gasteiger partial charge in [0.15, 0.2) is 11.5 Å².